The minimum absolute atomic E-state index is 0.0408. The minimum atomic E-state index is -0.968. The van der Waals surface area contributed by atoms with E-state index in [1.807, 2.05) is 0 Å². The maximum atomic E-state index is 12.5. The fourth-order valence-electron chi connectivity index (χ4n) is 2.81. The zero-order valence-electron chi connectivity index (χ0n) is 12.4. The average Bonchev–Trinajstić information content (AvgIpc) is 3.04. The molecule has 0 aliphatic carbocycles. The van der Waals surface area contributed by atoms with Crippen molar-refractivity contribution in [2.45, 2.75) is 39.7 Å². The van der Waals surface area contributed by atoms with E-state index in [2.05, 4.69) is 22.5 Å². The first-order chi connectivity index (χ1) is 9.98. The monoisotopic (exact) mass is 311 g/mol. The van der Waals surface area contributed by atoms with Crippen molar-refractivity contribution in [1.82, 2.24) is 15.6 Å². The zero-order valence-corrected chi connectivity index (χ0v) is 13.2. The highest BCUT2D eigenvalue weighted by Crippen LogP contribution is 2.31. The molecule has 0 saturated carbocycles. The molecule has 1 aromatic heterocycles. The summed E-state index contributed by atoms with van der Waals surface area (Å²) in [6.45, 7) is 5.63. The van der Waals surface area contributed by atoms with Crippen LogP contribution in [0.3, 0.4) is 0 Å². The SMILES string of the molecule is CCCC1(C(=O)NCc2nc(C)c(C(=O)O)s2)CCNC1. The molecule has 1 aliphatic rings. The molecule has 1 saturated heterocycles. The van der Waals surface area contributed by atoms with E-state index in [-0.39, 0.29) is 16.2 Å². The summed E-state index contributed by atoms with van der Waals surface area (Å²) in [5.41, 5.74) is 0.180. The summed E-state index contributed by atoms with van der Waals surface area (Å²) < 4.78 is 0. The van der Waals surface area contributed by atoms with Crippen LogP contribution in [0, 0.1) is 12.3 Å². The van der Waals surface area contributed by atoms with Crippen molar-refractivity contribution in [3.05, 3.63) is 15.6 Å². The van der Waals surface area contributed by atoms with Gasteiger partial charge in [0.2, 0.25) is 5.91 Å². The Bertz CT molecular complexity index is 536. The van der Waals surface area contributed by atoms with E-state index >= 15 is 0 Å². The average molecular weight is 311 g/mol. The third-order valence-corrected chi connectivity index (χ3v) is 5.03. The number of aromatic nitrogens is 1. The van der Waals surface area contributed by atoms with Crippen LogP contribution in [0.2, 0.25) is 0 Å². The molecule has 3 N–H and O–H groups in total. The topological polar surface area (TPSA) is 91.3 Å². The molecule has 21 heavy (non-hydrogen) atoms. The molecule has 116 valence electrons. The number of thiazole rings is 1. The van der Waals surface area contributed by atoms with Gasteiger partial charge in [0.05, 0.1) is 17.7 Å². The fraction of sp³-hybridized carbons (Fsp3) is 0.643. The predicted octanol–water partition coefficient (Wildman–Crippen LogP) is 1.55. The second-order valence-corrected chi connectivity index (χ2v) is 6.55. The number of carboxylic acids is 1. The van der Waals surface area contributed by atoms with Gasteiger partial charge >= 0.3 is 5.97 Å². The van der Waals surface area contributed by atoms with Crippen molar-refractivity contribution in [1.29, 1.82) is 0 Å². The van der Waals surface area contributed by atoms with Crippen molar-refractivity contribution < 1.29 is 14.7 Å². The van der Waals surface area contributed by atoms with Gasteiger partial charge in [-0.2, -0.15) is 0 Å². The largest absolute Gasteiger partial charge is 0.477 e. The van der Waals surface area contributed by atoms with Gasteiger partial charge in [-0.3, -0.25) is 4.79 Å². The molecule has 1 unspecified atom stereocenters. The summed E-state index contributed by atoms with van der Waals surface area (Å²) in [6, 6.07) is 0. The second kappa shape index (κ2) is 6.53. The fourth-order valence-corrected chi connectivity index (χ4v) is 3.66. The molecule has 1 aromatic rings. The Morgan fingerprint density at radius 3 is 2.81 bits per heavy atom. The molecule has 1 atom stereocenters. The highest BCUT2D eigenvalue weighted by Gasteiger charge is 2.40. The number of carbonyl (C=O) groups is 2. The van der Waals surface area contributed by atoms with Gasteiger partial charge in [-0.05, 0) is 26.3 Å². The van der Waals surface area contributed by atoms with E-state index in [9.17, 15) is 9.59 Å². The number of amides is 1. The van der Waals surface area contributed by atoms with Crippen LogP contribution in [0.25, 0.3) is 0 Å². The number of hydrogen-bond acceptors (Lipinski definition) is 5. The number of carboxylic acid groups (broad SMARTS) is 1. The highest BCUT2D eigenvalue weighted by molar-refractivity contribution is 7.13. The van der Waals surface area contributed by atoms with E-state index in [4.69, 9.17) is 5.11 Å². The molecular weight excluding hydrogens is 290 g/mol. The molecule has 1 amide bonds. The molecule has 0 spiro atoms. The standard InChI is InChI=1S/C14H21N3O3S/c1-3-4-14(5-6-15-8-14)13(20)16-7-10-17-9(2)11(21-10)12(18)19/h15H,3-8H2,1-2H3,(H,16,20)(H,18,19). The number of hydrogen-bond donors (Lipinski definition) is 3. The van der Waals surface area contributed by atoms with E-state index in [1.165, 1.54) is 0 Å². The lowest BCUT2D eigenvalue weighted by atomic mass is 9.81. The Morgan fingerprint density at radius 2 is 2.29 bits per heavy atom. The molecule has 0 bridgehead atoms. The summed E-state index contributed by atoms with van der Waals surface area (Å²) in [5, 5.41) is 15.8. The molecule has 2 heterocycles. The van der Waals surface area contributed by atoms with Gasteiger partial charge in [0.1, 0.15) is 9.88 Å². The van der Waals surface area contributed by atoms with Crippen LogP contribution in [0.15, 0.2) is 0 Å². The van der Waals surface area contributed by atoms with Crippen LogP contribution in [-0.4, -0.2) is 35.1 Å². The molecule has 0 radical (unpaired) electrons. The Labute approximate surface area is 128 Å². The van der Waals surface area contributed by atoms with Crippen molar-refractivity contribution in [3.8, 4) is 0 Å². The molecule has 7 heteroatoms. The maximum absolute atomic E-state index is 12.5. The minimum Gasteiger partial charge on any atom is -0.477 e. The van der Waals surface area contributed by atoms with Crippen LogP contribution in [0.4, 0.5) is 0 Å². The molecule has 6 nitrogen and oxygen atoms in total. The van der Waals surface area contributed by atoms with Crippen LogP contribution in [-0.2, 0) is 11.3 Å². The molecule has 1 aliphatic heterocycles. The first-order valence-corrected chi connectivity index (χ1v) is 7.99. The Balaban J connectivity index is 2.00. The summed E-state index contributed by atoms with van der Waals surface area (Å²) in [5.74, 6) is -0.927. The lowest BCUT2D eigenvalue weighted by Gasteiger charge is -2.26. The summed E-state index contributed by atoms with van der Waals surface area (Å²) in [4.78, 5) is 27.9. The van der Waals surface area contributed by atoms with E-state index in [1.54, 1.807) is 6.92 Å². The Hall–Kier alpha value is -1.47. The van der Waals surface area contributed by atoms with Crippen molar-refractivity contribution in [3.63, 3.8) is 0 Å². The third-order valence-electron chi connectivity index (χ3n) is 3.89. The zero-order chi connectivity index (χ0) is 15.5. The van der Waals surface area contributed by atoms with Gasteiger partial charge < -0.3 is 15.7 Å². The van der Waals surface area contributed by atoms with Crippen molar-refractivity contribution in [2.75, 3.05) is 13.1 Å². The van der Waals surface area contributed by atoms with E-state index in [0.717, 1.165) is 37.1 Å². The van der Waals surface area contributed by atoms with Crippen LogP contribution in [0.5, 0.6) is 0 Å². The smallest absolute Gasteiger partial charge is 0.347 e. The number of nitrogens with one attached hydrogen (secondary N) is 2. The van der Waals surface area contributed by atoms with Gasteiger partial charge in [-0.25, -0.2) is 9.78 Å². The normalized spacial score (nSPS) is 21.4. The van der Waals surface area contributed by atoms with E-state index < -0.39 is 5.97 Å². The second-order valence-electron chi connectivity index (χ2n) is 5.47. The lowest BCUT2D eigenvalue weighted by molar-refractivity contribution is -0.130. The number of aromatic carboxylic acids is 1. The number of rotatable bonds is 6. The van der Waals surface area contributed by atoms with Crippen LogP contribution < -0.4 is 10.6 Å². The predicted molar refractivity (Wildman–Crippen MR) is 80.5 cm³/mol. The molecule has 2 rings (SSSR count). The molecule has 0 aromatic carbocycles. The van der Waals surface area contributed by atoms with Gasteiger partial charge in [0.25, 0.3) is 0 Å². The van der Waals surface area contributed by atoms with E-state index in [0.29, 0.717) is 23.8 Å². The van der Waals surface area contributed by atoms with Crippen LogP contribution in [0.1, 0.15) is 46.6 Å². The summed E-state index contributed by atoms with van der Waals surface area (Å²) in [6.07, 6.45) is 2.68. The Morgan fingerprint density at radius 1 is 1.52 bits per heavy atom. The first kappa shape index (κ1) is 15.9. The maximum Gasteiger partial charge on any atom is 0.347 e. The van der Waals surface area contributed by atoms with Gasteiger partial charge in [0, 0.05) is 6.54 Å². The first-order valence-electron chi connectivity index (χ1n) is 7.17. The van der Waals surface area contributed by atoms with Crippen molar-refractivity contribution >= 4 is 23.2 Å². The third kappa shape index (κ3) is 3.41. The molecular formula is C14H21N3O3S. The number of aryl methyl sites for hydroxylation is 1. The molecule has 1 fully saturated rings. The van der Waals surface area contributed by atoms with Crippen LogP contribution >= 0.6 is 11.3 Å². The number of carbonyl (C=O) groups excluding carboxylic acids is 1. The van der Waals surface area contributed by atoms with Gasteiger partial charge in [0.15, 0.2) is 0 Å². The van der Waals surface area contributed by atoms with Crippen molar-refractivity contribution in [2.24, 2.45) is 5.41 Å². The quantitative estimate of drug-likeness (QED) is 0.741. The summed E-state index contributed by atoms with van der Waals surface area (Å²) >= 11 is 1.12. The van der Waals surface area contributed by atoms with Gasteiger partial charge in [-0.15, -0.1) is 11.3 Å². The lowest BCUT2D eigenvalue weighted by Crippen LogP contribution is -2.42. The highest BCUT2D eigenvalue weighted by atomic mass is 32.1. The number of nitrogens with zero attached hydrogens (tertiary/aromatic N) is 1. The summed E-state index contributed by atoms with van der Waals surface area (Å²) in [7, 11) is 0. The Kier molecular flexibility index (Phi) is 4.95. The van der Waals surface area contributed by atoms with Gasteiger partial charge in [-0.1, -0.05) is 13.3 Å².